The van der Waals surface area contributed by atoms with E-state index in [1.165, 1.54) is 6.42 Å². The lowest BCUT2D eigenvalue weighted by Gasteiger charge is -2.38. The van der Waals surface area contributed by atoms with Gasteiger partial charge in [0.05, 0.1) is 0 Å². The maximum absolute atomic E-state index is 12.4. The third kappa shape index (κ3) is 4.60. The molecule has 0 radical (unpaired) electrons. The molecule has 1 aliphatic rings. The van der Waals surface area contributed by atoms with Crippen LogP contribution in [0, 0.1) is 11.8 Å². The van der Waals surface area contributed by atoms with Crippen LogP contribution in [0.4, 0.5) is 0 Å². The third-order valence-electron chi connectivity index (χ3n) is 3.87. The van der Waals surface area contributed by atoms with Gasteiger partial charge >= 0.3 is 0 Å². The average Bonchev–Trinajstić information content (AvgIpc) is 2.27. The molecule has 1 saturated heterocycles. The fourth-order valence-corrected chi connectivity index (χ4v) is 3.12. The van der Waals surface area contributed by atoms with Gasteiger partial charge in [0.25, 0.3) is 0 Å². The molecule has 0 saturated carbocycles. The van der Waals surface area contributed by atoms with Crippen LogP contribution >= 0.6 is 0 Å². The number of likely N-dealkylation sites (tertiary alicyclic amines) is 1. The van der Waals surface area contributed by atoms with E-state index in [4.69, 9.17) is 5.73 Å². The van der Waals surface area contributed by atoms with Gasteiger partial charge in [0.1, 0.15) is 0 Å². The Morgan fingerprint density at radius 3 is 2.50 bits per heavy atom. The van der Waals surface area contributed by atoms with E-state index in [-0.39, 0.29) is 12.1 Å². The summed E-state index contributed by atoms with van der Waals surface area (Å²) in [6.07, 6.45) is 5.22. The van der Waals surface area contributed by atoms with Crippen LogP contribution in [0.3, 0.4) is 0 Å². The Hall–Kier alpha value is -0.570. The van der Waals surface area contributed by atoms with Gasteiger partial charge in [0.15, 0.2) is 0 Å². The maximum atomic E-state index is 12.4. The highest BCUT2D eigenvalue weighted by atomic mass is 16.2. The topological polar surface area (TPSA) is 46.3 Å². The largest absolute Gasteiger partial charge is 0.338 e. The van der Waals surface area contributed by atoms with E-state index in [2.05, 4.69) is 20.8 Å². The zero-order valence-electron chi connectivity index (χ0n) is 12.5. The van der Waals surface area contributed by atoms with Gasteiger partial charge < -0.3 is 10.6 Å². The second-order valence-electron chi connectivity index (χ2n) is 6.45. The lowest BCUT2D eigenvalue weighted by molar-refractivity contribution is -0.136. The second kappa shape index (κ2) is 7.13. The summed E-state index contributed by atoms with van der Waals surface area (Å²) in [6, 6.07) is 0.354. The lowest BCUT2D eigenvalue weighted by Crippen LogP contribution is -2.51. The molecule has 1 heterocycles. The van der Waals surface area contributed by atoms with Crippen molar-refractivity contribution in [1.82, 2.24) is 4.90 Å². The molecule has 106 valence electrons. The molecule has 3 atom stereocenters. The molecule has 2 N–H and O–H groups in total. The van der Waals surface area contributed by atoms with E-state index in [1.807, 2.05) is 11.8 Å². The predicted octanol–water partition coefficient (Wildman–Crippen LogP) is 2.79. The van der Waals surface area contributed by atoms with Gasteiger partial charge in [-0.25, -0.2) is 0 Å². The summed E-state index contributed by atoms with van der Waals surface area (Å²) in [7, 11) is 0. The summed E-state index contributed by atoms with van der Waals surface area (Å²) in [5, 5.41) is 0. The van der Waals surface area contributed by atoms with Crippen LogP contribution in [-0.2, 0) is 4.79 Å². The van der Waals surface area contributed by atoms with Crippen LogP contribution in [0.15, 0.2) is 0 Å². The Labute approximate surface area is 112 Å². The van der Waals surface area contributed by atoms with Crippen molar-refractivity contribution in [2.45, 2.75) is 71.9 Å². The number of hydrogen-bond donors (Lipinski definition) is 1. The summed E-state index contributed by atoms with van der Waals surface area (Å²) in [5.74, 6) is 1.46. The Kier molecular flexibility index (Phi) is 6.13. The highest BCUT2D eigenvalue weighted by Gasteiger charge is 2.29. The molecule has 3 heteroatoms. The van der Waals surface area contributed by atoms with Crippen molar-refractivity contribution in [2.24, 2.45) is 17.6 Å². The molecule has 1 amide bonds. The highest BCUT2D eigenvalue weighted by molar-refractivity contribution is 5.77. The monoisotopic (exact) mass is 254 g/mol. The zero-order valence-corrected chi connectivity index (χ0v) is 12.5. The van der Waals surface area contributed by atoms with Crippen LogP contribution in [-0.4, -0.2) is 29.4 Å². The number of piperidine rings is 1. The summed E-state index contributed by atoms with van der Waals surface area (Å²) in [5.41, 5.74) is 6.01. The first kappa shape index (κ1) is 15.5. The van der Waals surface area contributed by atoms with Crippen molar-refractivity contribution in [3.63, 3.8) is 0 Å². The summed E-state index contributed by atoms with van der Waals surface area (Å²) < 4.78 is 0. The van der Waals surface area contributed by atoms with E-state index in [0.717, 1.165) is 25.8 Å². The van der Waals surface area contributed by atoms with E-state index < -0.39 is 0 Å². The first-order valence-electron chi connectivity index (χ1n) is 7.46. The predicted molar refractivity (Wildman–Crippen MR) is 76.2 cm³/mol. The molecule has 0 aromatic carbocycles. The quantitative estimate of drug-likeness (QED) is 0.820. The molecule has 0 bridgehead atoms. The summed E-state index contributed by atoms with van der Waals surface area (Å²) in [6.45, 7) is 9.54. The molecule has 18 heavy (non-hydrogen) atoms. The molecule has 1 rings (SSSR count). The molecule has 3 nitrogen and oxygen atoms in total. The molecular weight excluding hydrogens is 224 g/mol. The van der Waals surface area contributed by atoms with E-state index in [9.17, 15) is 4.79 Å². The molecule has 0 aliphatic carbocycles. The van der Waals surface area contributed by atoms with Gasteiger partial charge in [0, 0.05) is 25.0 Å². The van der Waals surface area contributed by atoms with Crippen LogP contribution in [0.1, 0.15) is 59.8 Å². The van der Waals surface area contributed by atoms with Gasteiger partial charge in [0.2, 0.25) is 5.91 Å². The van der Waals surface area contributed by atoms with Gasteiger partial charge in [-0.3, -0.25) is 4.79 Å². The van der Waals surface area contributed by atoms with Crippen molar-refractivity contribution in [2.75, 3.05) is 6.54 Å². The van der Waals surface area contributed by atoms with Crippen molar-refractivity contribution in [1.29, 1.82) is 0 Å². The van der Waals surface area contributed by atoms with Crippen LogP contribution in [0.2, 0.25) is 0 Å². The molecule has 0 spiro atoms. The van der Waals surface area contributed by atoms with Gasteiger partial charge in [-0.2, -0.15) is 0 Å². The Morgan fingerprint density at radius 1 is 1.28 bits per heavy atom. The Balaban J connectivity index is 2.52. The molecule has 1 aliphatic heterocycles. The van der Waals surface area contributed by atoms with Crippen LogP contribution in [0.25, 0.3) is 0 Å². The number of carbonyl (C=O) groups excluding carboxylic acids is 1. The molecule has 1 fully saturated rings. The Morgan fingerprint density at radius 2 is 1.94 bits per heavy atom. The minimum Gasteiger partial charge on any atom is -0.338 e. The number of rotatable bonds is 5. The van der Waals surface area contributed by atoms with Gasteiger partial charge in [-0.1, -0.05) is 20.8 Å². The van der Waals surface area contributed by atoms with Crippen molar-refractivity contribution >= 4 is 5.91 Å². The van der Waals surface area contributed by atoms with Gasteiger partial charge in [-0.15, -0.1) is 0 Å². The summed E-state index contributed by atoms with van der Waals surface area (Å²) >= 11 is 0. The number of nitrogens with zero attached hydrogens (tertiary/aromatic N) is 1. The highest BCUT2D eigenvalue weighted by Crippen LogP contribution is 2.22. The zero-order chi connectivity index (χ0) is 13.7. The molecular formula is C15H30N2O. The number of nitrogens with two attached hydrogens (primary N) is 1. The average molecular weight is 254 g/mol. The number of carbonyl (C=O) groups is 1. The SMILES string of the molecule is CC(C)CC(C)CC(=O)N1CCCCC1C(C)N. The van der Waals surface area contributed by atoms with Crippen molar-refractivity contribution in [3.05, 3.63) is 0 Å². The van der Waals surface area contributed by atoms with Crippen molar-refractivity contribution in [3.8, 4) is 0 Å². The smallest absolute Gasteiger partial charge is 0.223 e. The van der Waals surface area contributed by atoms with Crippen LogP contribution < -0.4 is 5.73 Å². The molecule has 0 aromatic rings. The molecule has 3 unspecified atom stereocenters. The maximum Gasteiger partial charge on any atom is 0.223 e. The minimum atomic E-state index is 0.0923. The first-order valence-corrected chi connectivity index (χ1v) is 7.46. The third-order valence-corrected chi connectivity index (χ3v) is 3.87. The summed E-state index contributed by atoms with van der Waals surface area (Å²) in [4.78, 5) is 14.4. The lowest BCUT2D eigenvalue weighted by atomic mass is 9.92. The first-order chi connectivity index (χ1) is 8.41. The second-order valence-corrected chi connectivity index (χ2v) is 6.45. The van der Waals surface area contributed by atoms with E-state index in [0.29, 0.717) is 24.2 Å². The number of hydrogen-bond acceptors (Lipinski definition) is 2. The normalized spacial score (nSPS) is 24.1. The standard InChI is InChI=1S/C15H30N2O/c1-11(2)9-12(3)10-15(18)17-8-6-5-7-14(17)13(4)16/h11-14H,5-10,16H2,1-4H3. The van der Waals surface area contributed by atoms with E-state index >= 15 is 0 Å². The number of amides is 1. The van der Waals surface area contributed by atoms with Crippen LogP contribution in [0.5, 0.6) is 0 Å². The van der Waals surface area contributed by atoms with Crippen molar-refractivity contribution < 1.29 is 4.79 Å². The van der Waals surface area contributed by atoms with Gasteiger partial charge in [-0.05, 0) is 44.4 Å². The Bertz CT molecular complexity index is 263. The fourth-order valence-electron chi connectivity index (χ4n) is 3.12. The molecule has 0 aromatic heterocycles. The van der Waals surface area contributed by atoms with E-state index in [1.54, 1.807) is 0 Å². The minimum absolute atomic E-state index is 0.0923. The fraction of sp³-hybridized carbons (Fsp3) is 0.933.